The molecule has 0 heterocycles. The summed E-state index contributed by atoms with van der Waals surface area (Å²) in [5.41, 5.74) is -0.635. The van der Waals surface area contributed by atoms with Crippen molar-refractivity contribution in [3.8, 4) is 0 Å². The van der Waals surface area contributed by atoms with Crippen LogP contribution in [0.2, 0.25) is 0 Å². The zero-order valence-corrected chi connectivity index (χ0v) is 12.1. The van der Waals surface area contributed by atoms with E-state index in [1.54, 1.807) is 0 Å². The van der Waals surface area contributed by atoms with Crippen LogP contribution in [0.15, 0.2) is 24.3 Å². The van der Waals surface area contributed by atoms with Gasteiger partial charge in [-0.25, -0.2) is 0 Å². The molecule has 21 heavy (non-hydrogen) atoms. The first-order valence-electron chi connectivity index (χ1n) is 6.61. The van der Waals surface area contributed by atoms with E-state index < -0.39 is 11.7 Å². The van der Waals surface area contributed by atoms with E-state index in [2.05, 4.69) is 10.6 Å². The highest BCUT2D eigenvalue weighted by Gasteiger charge is 2.30. The predicted octanol–water partition coefficient (Wildman–Crippen LogP) is 2.19. The summed E-state index contributed by atoms with van der Waals surface area (Å²) in [5.74, 6) is -0.362. The molecule has 4 nitrogen and oxygen atoms in total. The van der Waals surface area contributed by atoms with Gasteiger partial charge in [0, 0.05) is 5.69 Å². The third-order valence-electron chi connectivity index (χ3n) is 2.72. The Bertz CT molecular complexity index is 461. The Hall–Kier alpha value is -1.60. The van der Waals surface area contributed by atoms with E-state index in [9.17, 15) is 18.0 Å². The summed E-state index contributed by atoms with van der Waals surface area (Å²) < 4.78 is 37.6. The Morgan fingerprint density at radius 1 is 1.29 bits per heavy atom. The third kappa shape index (κ3) is 7.10. The molecule has 1 amide bonds. The predicted molar refractivity (Wildman–Crippen MR) is 76.1 cm³/mol. The topological polar surface area (TPSA) is 44.4 Å². The fraction of sp³-hybridized carbons (Fsp3) is 0.500. The SMILES string of the molecule is CN(C)CCCNCC(=O)Nc1cccc(C(F)(F)F)c1. The second kappa shape index (κ2) is 7.99. The molecule has 118 valence electrons. The molecule has 0 aliphatic heterocycles. The molecule has 0 aliphatic rings. The van der Waals surface area contributed by atoms with E-state index in [0.29, 0.717) is 6.54 Å². The molecule has 1 aromatic carbocycles. The number of rotatable bonds is 7. The molecule has 0 atom stereocenters. The van der Waals surface area contributed by atoms with E-state index in [-0.39, 0.29) is 18.1 Å². The van der Waals surface area contributed by atoms with Crippen LogP contribution < -0.4 is 10.6 Å². The van der Waals surface area contributed by atoms with E-state index in [1.165, 1.54) is 12.1 Å². The van der Waals surface area contributed by atoms with E-state index in [1.807, 2.05) is 19.0 Å². The van der Waals surface area contributed by atoms with Crippen molar-refractivity contribution in [3.63, 3.8) is 0 Å². The number of benzene rings is 1. The largest absolute Gasteiger partial charge is 0.416 e. The first-order chi connectivity index (χ1) is 9.79. The Morgan fingerprint density at radius 2 is 2.00 bits per heavy atom. The van der Waals surface area contributed by atoms with Gasteiger partial charge >= 0.3 is 6.18 Å². The van der Waals surface area contributed by atoms with Gasteiger partial charge in [-0.2, -0.15) is 13.2 Å². The quantitative estimate of drug-likeness (QED) is 0.759. The Labute approximate surface area is 122 Å². The Morgan fingerprint density at radius 3 is 2.62 bits per heavy atom. The molecular formula is C14H20F3N3O. The van der Waals surface area contributed by atoms with Crippen molar-refractivity contribution in [3.05, 3.63) is 29.8 Å². The van der Waals surface area contributed by atoms with Crippen LogP contribution in [-0.4, -0.2) is 44.5 Å². The highest BCUT2D eigenvalue weighted by molar-refractivity contribution is 5.92. The molecular weight excluding hydrogens is 283 g/mol. The lowest BCUT2D eigenvalue weighted by molar-refractivity contribution is -0.137. The van der Waals surface area contributed by atoms with Crippen LogP contribution in [0.25, 0.3) is 0 Å². The van der Waals surface area contributed by atoms with Crippen LogP contribution in [0.4, 0.5) is 18.9 Å². The lowest BCUT2D eigenvalue weighted by Crippen LogP contribution is -2.30. The fourth-order valence-electron chi connectivity index (χ4n) is 1.70. The van der Waals surface area contributed by atoms with Gasteiger partial charge in [-0.15, -0.1) is 0 Å². The summed E-state index contributed by atoms with van der Waals surface area (Å²) in [4.78, 5) is 13.6. The summed E-state index contributed by atoms with van der Waals surface area (Å²) in [7, 11) is 3.92. The molecule has 0 saturated heterocycles. The highest BCUT2D eigenvalue weighted by atomic mass is 19.4. The molecule has 0 saturated carbocycles. The standard InChI is InChI=1S/C14H20F3N3O/c1-20(2)8-4-7-18-10-13(21)19-12-6-3-5-11(9-12)14(15,16)17/h3,5-6,9,18H,4,7-8,10H2,1-2H3,(H,19,21). The van der Waals surface area contributed by atoms with Crippen LogP contribution in [0.5, 0.6) is 0 Å². The summed E-state index contributed by atoms with van der Waals surface area (Å²) in [5, 5.41) is 5.39. The average Bonchev–Trinajstić information content (AvgIpc) is 2.37. The van der Waals surface area contributed by atoms with E-state index in [0.717, 1.165) is 25.1 Å². The van der Waals surface area contributed by atoms with Crippen LogP contribution in [0, 0.1) is 0 Å². The van der Waals surface area contributed by atoms with Crippen molar-refractivity contribution in [2.24, 2.45) is 0 Å². The average molecular weight is 303 g/mol. The zero-order valence-electron chi connectivity index (χ0n) is 12.1. The number of hydrogen-bond acceptors (Lipinski definition) is 3. The van der Waals surface area contributed by atoms with E-state index in [4.69, 9.17) is 0 Å². The lowest BCUT2D eigenvalue weighted by atomic mass is 10.2. The van der Waals surface area contributed by atoms with Gasteiger partial charge in [0.25, 0.3) is 0 Å². The van der Waals surface area contributed by atoms with Gasteiger partial charge in [-0.3, -0.25) is 4.79 Å². The number of nitrogens with one attached hydrogen (secondary N) is 2. The van der Waals surface area contributed by atoms with Crippen LogP contribution in [0.1, 0.15) is 12.0 Å². The smallest absolute Gasteiger partial charge is 0.325 e. The van der Waals surface area contributed by atoms with Crippen molar-refractivity contribution in [1.29, 1.82) is 0 Å². The summed E-state index contributed by atoms with van der Waals surface area (Å²) in [6.07, 6.45) is -3.52. The number of nitrogens with zero attached hydrogens (tertiary/aromatic N) is 1. The van der Waals surface area contributed by atoms with Crippen LogP contribution in [0.3, 0.4) is 0 Å². The van der Waals surface area contributed by atoms with Crippen molar-refractivity contribution >= 4 is 11.6 Å². The maximum absolute atomic E-state index is 12.5. The van der Waals surface area contributed by atoms with Crippen molar-refractivity contribution in [2.45, 2.75) is 12.6 Å². The lowest BCUT2D eigenvalue weighted by Gasteiger charge is -2.11. The molecule has 0 bridgehead atoms. The molecule has 1 rings (SSSR count). The molecule has 0 fully saturated rings. The van der Waals surface area contributed by atoms with Crippen LogP contribution >= 0.6 is 0 Å². The van der Waals surface area contributed by atoms with Gasteiger partial charge in [0.1, 0.15) is 0 Å². The van der Waals surface area contributed by atoms with Crippen molar-refractivity contribution in [1.82, 2.24) is 10.2 Å². The minimum absolute atomic E-state index is 0.0731. The number of carbonyl (C=O) groups is 1. The molecule has 0 aliphatic carbocycles. The van der Waals surface area contributed by atoms with Gasteiger partial charge < -0.3 is 15.5 Å². The van der Waals surface area contributed by atoms with Gasteiger partial charge in [-0.1, -0.05) is 6.07 Å². The minimum Gasteiger partial charge on any atom is -0.325 e. The molecule has 0 spiro atoms. The third-order valence-corrected chi connectivity index (χ3v) is 2.72. The molecule has 0 aromatic heterocycles. The number of carbonyl (C=O) groups excluding carboxylic acids is 1. The summed E-state index contributed by atoms with van der Waals surface area (Å²) in [6.45, 7) is 1.65. The maximum atomic E-state index is 12.5. The number of hydrogen-bond donors (Lipinski definition) is 2. The van der Waals surface area contributed by atoms with Crippen LogP contribution in [-0.2, 0) is 11.0 Å². The van der Waals surface area contributed by atoms with Crippen molar-refractivity contribution < 1.29 is 18.0 Å². The van der Waals surface area contributed by atoms with Gasteiger partial charge in [0.2, 0.25) is 5.91 Å². The molecule has 2 N–H and O–H groups in total. The number of amides is 1. The Kier molecular flexibility index (Phi) is 6.64. The van der Waals surface area contributed by atoms with E-state index >= 15 is 0 Å². The second-order valence-corrected chi connectivity index (χ2v) is 4.96. The Balaban J connectivity index is 2.38. The second-order valence-electron chi connectivity index (χ2n) is 4.96. The first kappa shape index (κ1) is 17.5. The summed E-state index contributed by atoms with van der Waals surface area (Å²) in [6, 6.07) is 4.58. The molecule has 0 radical (unpaired) electrons. The highest BCUT2D eigenvalue weighted by Crippen LogP contribution is 2.30. The van der Waals surface area contributed by atoms with Crippen molar-refractivity contribution in [2.75, 3.05) is 39.0 Å². The molecule has 0 unspecified atom stereocenters. The fourth-order valence-corrected chi connectivity index (χ4v) is 1.70. The minimum atomic E-state index is -4.41. The van der Waals surface area contributed by atoms with Gasteiger partial charge in [0.15, 0.2) is 0 Å². The van der Waals surface area contributed by atoms with Gasteiger partial charge in [0.05, 0.1) is 12.1 Å². The summed E-state index contributed by atoms with van der Waals surface area (Å²) >= 11 is 0. The monoisotopic (exact) mass is 303 g/mol. The normalized spacial score (nSPS) is 11.7. The number of halogens is 3. The first-order valence-corrected chi connectivity index (χ1v) is 6.61. The van der Waals surface area contributed by atoms with Gasteiger partial charge in [-0.05, 0) is 51.8 Å². The maximum Gasteiger partial charge on any atom is 0.416 e. The number of alkyl halides is 3. The molecule has 7 heteroatoms. The zero-order chi connectivity index (χ0) is 15.9. The molecule has 1 aromatic rings. The number of anilines is 1.